The fourth-order valence-electron chi connectivity index (χ4n) is 9.67. The molecule has 68 heavy (non-hydrogen) atoms. The third kappa shape index (κ3) is 7.02. The third-order valence-electron chi connectivity index (χ3n) is 13.0. The van der Waals surface area contributed by atoms with Crippen molar-refractivity contribution in [1.82, 2.24) is 19.5 Å². The Morgan fingerprint density at radius 1 is 0.250 bits per heavy atom. The van der Waals surface area contributed by atoms with Gasteiger partial charge in [0, 0.05) is 43.9 Å². The van der Waals surface area contributed by atoms with Gasteiger partial charge in [-0.3, -0.25) is 0 Å². The monoisotopic (exact) mass is 868 g/mol. The highest BCUT2D eigenvalue weighted by molar-refractivity contribution is 6.17. The normalized spacial score (nSPS) is 11.5. The van der Waals surface area contributed by atoms with Gasteiger partial charge in [-0.05, 0) is 105 Å². The molecule has 0 N–H and O–H groups in total. The lowest BCUT2D eigenvalue weighted by Gasteiger charge is -2.11. The minimum Gasteiger partial charge on any atom is -0.456 e. The van der Waals surface area contributed by atoms with Crippen LogP contribution in [0.5, 0.6) is 0 Å². The van der Waals surface area contributed by atoms with E-state index in [0.717, 1.165) is 83.0 Å². The Morgan fingerprint density at radius 2 is 0.662 bits per heavy atom. The van der Waals surface area contributed by atoms with Gasteiger partial charge >= 0.3 is 0 Å². The maximum Gasteiger partial charge on any atom is 0.164 e. The van der Waals surface area contributed by atoms with Crippen LogP contribution in [-0.2, 0) is 0 Å². The smallest absolute Gasteiger partial charge is 0.164 e. The minimum atomic E-state index is 0.570. The Kier molecular flexibility index (Phi) is 9.43. The maximum atomic E-state index is 6.77. The molecule has 0 fully saturated rings. The van der Waals surface area contributed by atoms with Crippen LogP contribution in [0.15, 0.2) is 247 Å². The van der Waals surface area contributed by atoms with Crippen LogP contribution in [0.25, 0.3) is 128 Å². The summed E-state index contributed by atoms with van der Waals surface area (Å²) in [7, 11) is 0. The number of hydrogen-bond acceptors (Lipinski definition) is 4. The van der Waals surface area contributed by atoms with E-state index in [1.54, 1.807) is 0 Å². The molecule has 318 valence electrons. The topological polar surface area (TPSA) is 56.7 Å². The maximum absolute atomic E-state index is 6.77. The summed E-state index contributed by atoms with van der Waals surface area (Å²) in [5, 5.41) is 4.37. The van der Waals surface area contributed by atoms with Gasteiger partial charge in [-0.25, -0.2) is 15.0 Å². The van der Waals surface area contributed by atoms with Crippen LogP contribution in [0, 0.1) is 0 Å². The van der Waals surface area contributed by atoms with E-state index in [1.165, 1.54) is 27.6 Å². The molecule has 13 aromatic rings. The Bertz CT molecular complexity index is 3900. The second-order valence-electron chi connectivity index (χ2n) is 17.2. The predicted octanol–water partition coefficient (Wildman–Crippen LogP) is 16.5. The summed E-state index contributed by atoms with van der Waals surface area (Å²) in [6, 6.07) is 85.2. The first-order valence-corrected chi connectivity index (χ1v) is 22.9. The molecule has 10 aromatic carbocycles. The van der Waals surface area contributed by atoms with Crippen LogP contribution in [0.2, 0.25) is 0 Å². The lowest BCUT2D eigenvalue weighted by molar-refractivity contribution is 0.669. The molecule has 3 aromatic heterocycles. The average Bonchev–Trinajstić information content (AvgIpc) is 3.95. The molecule has 0 unspecified atom stereocenters. The number of fused-ring (bicyclic) bond motifs is 6. The summed E-state index contributed by atoms with van der Waals surface area (Å²) in [6.07, 6.45) is 0. The van der Waals surface area contributed by atoms with E-state index in [-0.39, 0.29) is 0 Å². The first kappa shape index (κ1) is 39.2. The first-order valence-electron chi connectivity index (χ1n) is 22.9. The molecule has 0 aliphatic heterocycles. The molecule has 5 heteroatoms. The van der Waals surface area contributed by atoms with Crippen molar-refractivity contribution >= 4 is 43.7 Å². The van der Waals surface area contributed by atoms with Gasteiger partial charge in [0.15, 0.2) is 17.5 Å². The summed E-state index contributed by atoms with van der Waals surface area (Å²) in [5.74, 6) is 1.77. The molecular weight excluding hydrogens is 829 g/mol. The molecule has 0 amide bonds. The molecular formula is C63H40N4O. The number of para-hydroxylation sites is 1. The number of rotatable bonds is 8. The Labute approximate surface area is 392 Å². The van der Waals surface area contributed by atoms with E-state index in [4.69, 9.17) is 19.4 Å². The summed E-state index contributed by atoms with van der Waals surface area (Å²) in [6.45, 7) is 0. The Balaban J connectivity index is 0.916. The van der Waals surface area contributed by atoms with E-state index >= 15 is 0 Å². The van der Waals surface area contributed by atoms with Crippen molar-refractivity contribution in [3.63, 3.8) is 0 Å². The van der Waals surface area contributed by atoms with Crippen LogP contribution < -0.4 is 0 Å². The highest BCUT2D eigenvalue weighted by atomic mass is 16.3. The van der Waals surface area contributed by atoms with E-state index in [1.807, 2.05) is 12.1 Å². The molecule has 13 rings (SSSR count). The van der Waals surface area contributed by atoms with Gasteiger partial charge in [0.1, 0.15) is 11.2 Å². The van der Waals surface area contributed by atoms with E-state index < -0.39 is 0 Å². The lowest BCUT2D eigenvalue weighted by atomic mass is 9.99. The minimum absolute atomic E-state index is 0.570. The van der Waals surface area contributed by atoms with E-state index in [2.05, 4.69) is 235 Å². The predicted molar refractivity (Wildman–Crippen MR) is 279 cm³/mol. The van der Waals surface area contributed by atoms with Crippen LogP contribution >= 0.6 is 0 Å². The molecule has 0 bridgehead atoms. The van der Waals surface area contributed by atoms with Crippen molar-refractivity contribution in [2.75, 3.05) is 0 Å². The molecule has 3 heterocycles. The van der Waals surface area contributed by atoms with Crippen LogP contribution in [0.4, 0.5) is 0 Å². The van der Waals surface area contributed by atoms with Gasteiger partial charge < -0.3 is 8.98 Å². The zero-order valence-electron chi connectivity index (χ0n) is 36.8. The van der Waals surface area contributed by atoms with Crippen LogP contribution in [0.3, 0.4) is 0 Å². The van der Waals surface area contributed by atoms with Crippen molar-refractivity contribution in [2.45, 2.75) is 0 Å². The fourth-order valence-corrected chi connectivity index (χ4v) is 9.67. The summed E-state index contributed by atoms with van der Waals surface area (Å²) in [5.41, 5.74) is 16.8. The molecule has 0 spiro atoms. The molecule has 0 saturated carbocycles. The molecule has 5 nitrogen and oxygen atoms in total. The number of benzene rings is 10. The van der Waals surface area contributed by atoms with E-state index in [9.17, 15) is 0 Å². The van der Waals surface area contributed by atoms with Gasteiger partial charge in [-0.15, -0.1) is 0 Å². The zero-order valence-corrected chi connectivity index (χ0v) is 36.8. The second-order valence-corrected chi connectivity index (χ2v) is 17.2. The third-order valence-corrected chi connectivity index (χ3v) is 13.0. The van der Waals surface area contributed by atoms with Gasteiger partial charge in [0.05, 0.1) is 11.0 Å². The highest BCUT2D eigenvalue weighted by Gasteiger charge is 2.19. The quantitative estimate of drug-likeness (QED) is 0.153. The molecule has 0 atom stereocenters. The fraction of sp³-hybridized carbons (Fsp3) is 0. The van der Waals surface area contributed by atoms with Gasteiger partial charge in [-0.1, -0.05) is 182 Å². The molecule has 0 radical (unpaired) electrons. The van der Waals surface area contributed by atoms with Crippen molar-refractivity contribution in [2.24, 2.45) is 0 Å². The lowest BCUT2D eigenvalue weighted by Crippen LogP contribution is -2.00. The summed E-state index contributed by atoms with van der Waals surface area (Å²) in [4.78, 5) is 15.5. The summed E-state index contributed by atoms with van der Waals surface area (Å²) < 4.78 is 9.14. The number of aromatic nitrogens is 4. The molecule has 0 aliphatic rings. The van der Waals surface area contributed by atoms with Crippen molar-refractivity contribution in [3.05, 3.63) is 243 Å². The van der Waals surface area contributed by atoms with Crippen molar-refractivity contribution < 1.29 is 4.42 Å². The van der Waals surface area contributed by atoms with Gasteiger partial charge in [0.2, 0.25) is 0 Å². The SMILES string of the molecule is c1ccc(-c2cccc(-c3ccc(-n4c5ccccc5c5cc6oc7cc(-c8nc(-c9cccc(-c%10ccccc%10)c9)nc(-c9cccc(-c%10ccccc%10)c9)n8)ccc7c6cc54)cc3)c2)cc1. The first-order chi connectivity index (χ1) is 33.7. The standard InChI is InChI=1S/C63H40N4O/c1-4-15-41(16-5-1)45-21-12-22-46(35-45)44-29-32-52(33-30-44)67-57-28-11-10-27-53(57)55-40-60-56(39-58(55)67)54-34-31-51(38-59(54)68-60)63-65-61(49-25-13-23-47(36-49)42-17-6-2-7-18-42)64-62(66-63)50-26-14-24-48(37-50)43-19-8-3-9-20-43/h1-40H. The van der Waals surface area contributed by atoms with E-state index in [0.29, 0.717) is 17.5 Å². The number of furan rings is 1. The van der Waals surface area contributed by atoms with Crippen molar-refractivity contribution in [3.8, 4) is 84.4 Å². The van der Waals surface area contributed by atoms with Crippen molar-refractivity contribution in [1.29, 1.82) is 0 Å². The van der Waals surface area contributed by atoms with Gasteiger partial charge in [-0.2, -0.15) is 0 Å². The van der Waals surface area contributed by atoms with Gasteiger partial charge in [0.25, 0.3) is 0 Å². The van der Waals surface area contributed by atoms with Crippen LogP contribution in [0.1, 0.15) is 0 Å². The second kappa shape index (κ2) is 16.4. The summed E-state index contributed by atoms with van der Waals surface area (Å²) >= 11 is 0. The Morgan fingerprint density at radius 3 is 1.21 bits per heavy atom. The Hall–Kier alpha value is -9.19. The largest absolute Gasteiger partial charge is 0.456 e. The average molecular weight is 869 g/mol. The highest BCUT2D eigenvalue weighted by Crippen LogP contribution is 2.40. The zero-order chi connectivity index (χ0) is 45.0. The molecule has 0 aliphatic carbocycles. The molecule has 0 saturated heterocycles. The number of hydrogen-bond donors (Lipinski definition) is 0. The number of nitrogens with zero attached hydrogens (tertiary/aromatic N) is 4. The van der Waals surface area contributed by atoms with Crippen LogP contribution in [-0.4, -0.2) is 19.5 Å².